The Morgan fingerprint density at radius 2 is 1.65 bits per heavy atom. The third kappa shape index (κ3) is 3.87. The van der Waals surface area contributed by atoms with Gasteiger partial charge in [0.1, 0.15) is 10.6 Å². The van der Waals surface area contributed by atoms with E-state index in [2.05, 4.69) is 10.0 Å². The van der Waals surface area contributed by atoms with E-state index >= 15 is 0 Å². The molecule has 0 spiro atoms. The Labute approximate surface area is 155 Å². The monoisotopic (exact) mass is 388 g/mol. The zero-order valence-electron chi connectivity index (χ0n) is 13.8. The topological polar surface area (TPSA) is 84.5 Å². The van der Waals surface area contributed by atoms with Crippen molar-refractivity contribution in [2.24, 2.45) is 0 Å². The van der Waals surface area contributed by atoms with E-state index in [4.69, 9.17) is 4.74 Å². The van der Waals surface area contributed by atoms with Crippen LogP contribution < -0.4 is 14.8 Å². The third-order valence-electron chi connectivity index (χ3n) is 3.52. The zero-order valence-corrected chi connectivity index (χ0v) is 15.4. The van der Waals surface area contributed by atoms with Gasteiger partial charge in [0.25, 0.3) is 15.9 Å². The summed E-state index contributed by atoms with van der Waals surface area (Å²) >= 11 is 1.15. The molecule has 0 aliphatic rings. The number of anilines is 2. The standard InChI is InChI=1S/C18H16N2O4S2/c1-24-16-10-6-5-9-14(16)19-18(21)17-15(11-12-25-17)20-26(22,23)13-7-3-2-4-8-13/h2-12,20H,1H3,(H,19,21). The maximum absolute atomic E-state index is 12.6. The summed E-state index contributed by atoms with van der Waals surface area (Å²) in [5.41, 5.74) is 0.733. The lowest BCUT2D eigenvalue weighted by Gasteiger charge is -2.11. The van der Waals surface area contributed by atoms with Crippen LogP contribution in [0.1, 0.15) is 9.67 Å². The number of sulfonamides is 1. The fourth-order valence-corrected chi connectivity index (χ4v) is 4.20. The molecule has 0 bridgehead atoms. The average molecular weight is 388 g/mol. The maximum atomic E-state index is 12.6. The molecule has 2 N–H and O–H groups in total. The van der Waals surface area contributed by atoms with Crippen LogP contribution >= 0.6 is 11.3 Å². The Hall–Kier alpha value is -2.84. The molecule has 8 heteroatoms. The number of carbonyl (C=O) groups excluding carboxylic acids is 1. The second kappa shape index (κ2) is 7.59. The van der Waals surface area contributed by atoms with Crippen molar-refractivity contribution in [3.63, 3.8) is 0 Å². The van der Waals surface area contributed by atoms with Gasteiger partial charge in [-0.3, -0.25) is 9.52 Å². The van der Waals surface area contributed by atoms with Crippen LogP contribution in [-0.4, -0.2) is 21.4 Å². The summed E-state index contributed by atoms with van der Waals surface area (Å²) in [6.45, 7) is 0. The number of amides is 1. The van der Waals surface area contributed by atoms with Gasteiger partial charge in [0.15, 0.2) is 0 Å². The molecule has 0 saturated heterocycles. The van der Waals surface area contributed by atoms with Crippen molar-refractivity contribution < 1.29 is 17.9 Å². The first kappa shape index (κ1) is 18.0. The first-order chi connectivity index (χ1) is 12.5. The molecular formula is C18H16N2O4S2. The number of rotatable bonds is 6. The van der Waals surface area contributed by atoms with E-state index in [1.165, 1.54) is 19.2 Å². The first-order valence-corrected chi connectivity index (χ1v) is 9.97. The SMILES string of the molecule is COc1ccccc1NC(=O)c1sccc1NS(=O)(=O)c1ccccc1. The van der Waals surface area contributed by atoms with Crippen molar-refractivity contribution >= 4 is 38.6 Å². The molecule has 0 unspecified atom stereocenters. The summed E-state index contributed by atoms with van der Waals surface area (Å²) in [5, 5.41) is 4.39. The largest absolute Gasteiger partial charge is 0.495 e. The fraction of sp³-hybridized carbons (Fsp3) is 0.0556. The van der Waals surface area contributed by atoms with E-state index < -0.39 is 15.9 Å². The van der Waals surface area contributed by atoms with Crippen molar-refractivity contribution in [2.75, 3.05) is 17.1 Å². The van der Waals surface area contributed by atoms with Crippen LogP contribution in [0, 0.1) is 0 Å². The quantitative estimate of drug-likeness (QED) is 0.672. The molecule has 0 atom stereocenters. The van der Waals surface area contributed by atoms with E-state index in [1.54, 1.807) is 53.9 Å². The van der Waals surface area contributed by atoms with E-state index in [1.807, 2.05) is 0 Å². The van der Waals surface area contributed by atoms with Gasteiger partial charge in [-0.15, -0.1) is 11.3 Å². The van der Waals surface area contributed by atoms with Gasteiger partial charge >= 0.3 is 0 Å². The number of methoxy groups -OCH3 is 1. The molecule has 0 aliphatic carbocycles. The van der Waals surface area contributed by atoms with Crippen LogP contribution in [0.4, 0.5) is 11.4 Å². The molecule has 1 heterocycles. The molecule has 0 fully saturated rings. The fourth-order valence-electron chi connectivity index (χ4n) is 2.30. The number of carbonyl (C=O) groups is 1. The van der Waals surface area contributed by atoms with Crippen LogP contribution in [0.3, 0.4) is 0 Å². The van der Waals surface area contributed by atoms with Crippen molar-refractivity contribution in [1.82, 2.24) is 0 Å². The minimum absolute atomic E-state index is 0.127. The zero-order chi connectivity index (χ0) is 18.6. The van der Waals surface area contributed by atoms with Crippen molar-refractivity contribution in [1.29, 1.82) is 0 Å². The summed E-state index contributed by atoms with van der Waals surface area (Å²) in [5.74, 6) is 0.0964. The lowest BCUT2D eigenvalue weighted by Crippen LogP contribution is -2.17. The highest BCUT2D eigenvalue weighted by Gasteiger charge is 2.20. The summed E-state index contributed by atoms with van der Waals surface area (Å²) in [6.07, 6.45) is 0. The molecule has 6 nitrogen and oxygen atoms in total. The molecule has 3 rings (SSSR count). The van der Waals surface area contributed by atoms with E-state index in [9.17, 15) is 13.2 Å². The highest BCUT2D eigenvalue weighted by Crippen LogP contribution is 2.28. The van der Waals surface area contributed by atoms with E-state index in [0.29, 0.717) is 11.4 Å². The lowest BCUT2D eigenvalue weighted by atomic mass is 10.3. The number of hydrogen-bond donors (Lipinski definition) is 2. The smallest absolute Gasteiger partial charge is 0.267 e. The highest BCUT2D eigenvalue weighted by molar-refractivity contribution is 7.92. The molecule has 0 radical (unpaired) electrons. The predicted molar refractivity (Wildman–Crippen MR) is 103 cm³/mol. The second-order valence-electron chi connectivity index (χ2n) is 5.24. The Kier molecular flexibility index (Phi) is 5.24. The minimum Gasteiger partial charge on any atom is -0.495 e. The number of benzene rings is 2. The first-order valence-electron chi connectivity index (χ1n) is 7.61. The van der Waals surface area contributed by atoms with Gasteiger partial charge in [-0.1, -0.05) is 30.3 Å². The van der Waals surface area contributed by atoms with Crippen LogP contribution in [0.5, 0.6) is 5.75 Å². The number of para-hydroxylation sites is 2. The van der Waals surface area contributed by atoms with Crippen LogP contribution in [-0.2, 0) is 10.0 Å². The highest BCUT2D eigenvalue weighted by atomic mass is 32.2. The van der Waals surface area contributed by atoms with Gasteiger partial charge in [-0.2, -0.15) is 0 Å². The van der Waals surface area contributed by atoms with Crippen LogP contribution in [0.2, 0.25) is 0 Å². The van der Waals surface area contributed by atoms with Crippen LogP contribution in [0.25, 0.3) is 0 Å². The predicted octanol–water partition coefficient (Wildman–Crippen LogP) is 3.81. The van der Waals surface area contributed by atoms with Gasteiger partial charge < -0.3 is 10.1 Å². The van der Waals surface area contributed by atoms with Crippen molar-refractivity contribution in [3.8, 4) is 5.75 Å². The second-order valence-corrected chi connectivity index (χ2v) is 7.83. The van der Waals surface area contributed by atoms with Gasteiger partial charge in [0.2, 0.25) is 0 Å². The maximum Gasteiger partial charge on any atom is 0.267 e. The number of ether oxygens (including phenoxy) is 1. The van der Waals surface area contributed by atoms with Gasteiger partial charge in [-0.25, -0.2) is 8.42 Å². The molecule has 26 heavy (non-hydrogen) atoms. The summed E-state index contributed by atoms with van der Waals surface area (Å²) < 4.78 is 32.6. The molecule has 1 amide bonds. The number of hydrogen-bond acceptors (Lipinski definition) is 5. The molecule has 134 valence electrons. The summed E-state index contributed by atoms with van der Waals surface area (Å²) in [7, 11) is -2.26. The number of thiophene rings is 1. The molecule has 0 aliphatic heterocycles. The minimum atomic E-state index is -3.77. The molecule has 0 saturated carbocycles. The normalized spacial score (nSPS) is 11.0. The van der Waals surface area contributed by atoms with E-state index in [0.717, 1.165) is 11.3 Å². The Morgan fingerprint density at radius 3 is 2.38 bits per heavy atom. The molecular weight excluding hydrogens is 372 g/mol. The Bertz CT molecular complexity index is 1010. The Balaban J connectivity index is 1.83. The van der Waals surface area contributed by atoms with E-state index in [-0.39, 0.29) is 15.5 Å². The molecule has 2 aromatic carbocycles. The summed E-state index contributed by atoms with van der Waals surface area (Å²) in [4.78, 5) is 13.0. The van der Waals surface area contributed by atoms with Gasteiger partial charge in [0, 0.05) is 0 Å². The summed E-state index contributed by atoms with van der Waals surface area (Å²) in [6, 6.07) is 16.5. The number of nitrogens with one attached hydrogen (secondary N) is 2. The Morgan fingerprint density at radius 1 is 0.962 bits per heavy atom. The lowest BCUT2D eigenvalue weighted by molar-refractivity contribution is 0.103. The van der Waals surface area contributed by atoms with Gasteiger partial charge in [-0.05, 0) is 35.7 Å². The molecule has 3 aromatic rings. The third-order valence-corrected chi connectivity index (χ3v) is 5.82. The average Bonchev–Trinajstić information content (AvgIpc) is 3.10. The molecule has 1 aromatic heterocycles. The van der Waals surface area contributed by atoms with Gasteiger partial charge in [0.05, 0.1) is 23.4 Å². The van der Waals surface area contributed by atoms with Crippen LogP contribution in [0.15, 0.2) is 70.9 Å². The van der Waals surface area contributed by atoms with Crippen molar-refractivity contribution in [2.45, 2.75) is 4.90 Å². The van der Waals surface area contributed by atoms with Crippen molar-refractivity contribution in [3.05, 3.63) is 70.9 Å².